The van der Waals surface area contributed by atoms with Gasteiger partial charge in [0.2, 0.25) is 0 Å². The number of urea groups is 1. The molecule has 1 aliphatic rings. The van der Waals surface area contributed by atoms with Crippen molar-refractivity contribution in [3.63, 3.8) is 0 Å². The lowest BCUT2D eigenvalue weighted by molar-refractivity contribution is -0.137. The lowest BCUT2D eigenvalue weighted by Crippen LogP contribution is -2.52. The number of amides is 2. The summed E-state index contributed by atoms with van der Waals surface area (Å²) in [6.07, 6.45) is -0.0231. The first-order chi connectivity index (χ1) is 8.40. The van der Waals surface area contributed by atoms with Gasteiger partial charge in [0.1, 0.15) is 0 Å². The summed E-state index contributed by atoms with van der Waals surface area (Å²) < 4.78 is 5.36. The van der Waals surface area contributed by atoms with Crippen LogP contribution in [0.2, 0.25) is 0 Å². The predicted molar refractivity (Wildman–Crippen MR) is 66.4 cm³/mol. The second-order valence-electron chi connectivity index (χ2n) is 5.03. The van der Waals surface area contributed by atoms with Crippen molar-refractivity contribution in [1.82, 2.24) is 10.2 Å². The Bertz CT molecular complexity index is 306. The molecule has 0 aromatic carbocycles. The number of morpholine rings is 1. The molecule has 0 saturated carbocycles. The molecule has 0 spiro atoms. The van der Waals surface area contributed by atoms with Crippen LogP contribution in [-0.2, 0) is 9.53 Å². The van der Waals surface area contributed by atoms with Gasteiger partial charge >= 0.3 is 12.0 Å². The van der Waals surface area contributed by atoms with E-state index < -0.39 is 5.97 Å². The Morgan fingerprint density at radius 1 is 1.50 bits per heavy atom. The van der Waals surface area contributed by atoms with Crippen LogP contribution in [0.25, 0.3) is 0 Å². The minimum absolute atomic E-state index is 0.0291. The van der Waals surface area contributed by atoms with Gasteiger partial charge in [0, 0.05) is 19.1 Å². The number of carboxylic acid groups (broad SMARTS) is 1. The maximum atomic E-state index is 12.0. The zero-order chi connectivity index (χ0) is 13.7. The zero-order valence-corrected chi connectivity index (χ0v) is 11.2. The van der Waals surface area contributed by atoms with E-state index >= 15 is 0 Å². The number of aliphatic carboxylic acids is 1. The molecule has 1 aliphatic heterocycles. The monoisotopic (exact) mass is 258 g/mol. The standard InChI is InChI=1S/C12H22N2O4/c1-8(2)10(6-11(15)16)13-12(17)14-4-5-18-9(3)7-14/h8-10H,4-7H2,1-3H3,(H,13,17)(H,15,16). The highest BCUT2D eigenvalue weighted by atomic mass is 16.5. The van der Waals surface area contributed by atoms with Crippen molar-refractivity contribution < 1.29 is 19.4 Å². The molecule has 6 heteroatoms. The fourth-order valence-corrected chi connectivity index (χ4v) is 1.89. The zero-order valence-electron chi connectivity index (χ0n) is 11.2. The molecule has 0 aromatic rings. The Labute approximate surface area is 107 Å². The normalized spacial score (nSPS) is 21.8. The van der Waals surface area contributed by atoms with Gasteiger partial charge in [0.15, 0.2) is 0 Å². The molecule has 2 N–H and O–H groups in total. The Morgan fingerprint density at radius 3 is 2.67 bits per heavy atom. The number of hydrogen-bond donors (Lipinski definition) is 2. The second kappa shape index (κ2) is 6.58. The Hall–Kier alpha value is -1.30. The van der Waals surface area contributed by atoms with E-state index in [1.807, 2.05) is 20.8 Å². The van der Waals surface area contributed by atoms with E-state index in [1.54, 1.807) is 4.90 Å². The third-order valence-corrected chi connectivity index (χ3v) is 3.04. The minimum Gasteiger partial charge on any atom is -0.481 e. The molecule has 0 aliphatic carbocycles. The predicted octanol–water partition coefficient (Wildman–Crippen LogP) is 0.916. The topological polar surface area (TPSA) is 78.9 Å². The molecule has 0 radical (unpaired) electrons. The van der Waals surface area contributed by atoms with Gasteiger partial charge in [-0.1, -0.05) is 13.8 Å². The number of carboxylic acids is 1. The van der Waals surface area contributed by atoms with Gasteiger partial charge in [0.05, 0.1) is 19.1 Å². The van der Waals surface area contributed by atoms with Crippen LogP contribution in [0.1, 0.15) is 27.2 Å². The van der Waals surface area contributed by atoms with Gasteiger partial charge in [-0.25, -0.2) is 4.79 Å². The summed E-state index contributed by atoms with van der Waals surface area (Å²) in [5, 5.41) is 11.6. The number of rotatable bonds is 4. The summed E-state index contributed by atoms with van der Waals surface area (Å²) in [5.41, 5.74) is 0. The third kappa shape index (κ3) is 4.52. The van der Waals surface area contributed by atoms with Crippen LogP contribution in [0.3, 0.4) is 0 Å². The molecular weight excluding hydrogens is 236 g/mol. The molecule has 0 bridgehead atoms. The fourth-order valence-electron chi connectivity index (χ4n) is 1.89. The molecule has 18 heavy (non-hydrogen) atoms. The summed E-state index contributed by atoms with van der Waals surface area (Å²) in [6.45, 7) is 7.33. The maximum absolute atomic E-state index is 12.0. The lowest BCUT2D eigenvalue weighted by atomic mass is 10.0. The SMILES string of the molecule is CC1CN(C(=O)NC(CC(=O)O)C(C)C)CCO1. The van der Waals surface area contributed by atoms with E-state index in [1.165, 1.54) is 0 Å². The average Bonchev–Trinajstić information content (AvgIpc) is 2.27. The van der Waals surface area contributed by atoms with Gasteiger partial charge in [-0.05, 0) is 12.8 Å². The smallest absolute Gasteiger partial charge is 0.317 e. The average molecular weight is 258 g/mol. The van der Waals surface area contributed by atoms with Gasteiger partial charge in [-0.3, -0.25) is 4.79 Å². The highest BCUT2D eigenvalue weighted by Gasteiger charge is 2.25. The molecule has 2 unspecified atom stereocenters. The first-order valence-corrected chi connectivity index (χ1v) is 6.29. The van der Waals surface area contributed by atoms with Crippen LogP contribution in [0, 0.1) is 5.92 Å². The van der Waals surface area contributed by atoms with Crippen LogP contribution in [0.15, 0.2) is 0 Å². The highest BCUT2D eigenvalue weighted by molar-refractivity contribution is 5.76. The van der Waals surface area contributed by atoms with Gasteiger partial charge in [-0.2, -0.15) is 0 Å². The number of nitrogens with one attached hydrogen (secondary N) is 1. The van der Waals surface area contributed by atoms with Gasteiger partial charge in [0.25, 0.3) is 0 Å². The largest absolute Gasteiger partial charge is 0.481 e. The van der Waals surface area contributed by atoms with Crippen LogP contribution in [-0.4, -0.2) is 53.8 Å². The Kier molecular flexibility index (Phi) is 5.40. The second-order valence-corrected chi connectivity index (χ2v) is 5.03. The highest BCUT2D eigenvalue weighted by Crippen LogP contribution is 2.09. The van der Waals surface area contributed by atoms with Gasteiger partial charge < -0.3 is 20.1 Å². The molecule has 2 amide bonds. The maximum Gasteiger partial charge on any atom is 0.317 e. The van der Waals surface area contributed by atoms with Crippen LogP contribution >= 0.6 is 0 Å². The quantitative estimate of drug-likeness (QED) is 0.785. The lowest BCUT2D eigenvalue weighted by Gasteiger charge is -2.33. The Morgan fingerprint density at radius 2 is 2.17 bits per heavy atom. The van der Waals surface area contributed by atoms with Crippen LogP contribution in [0.5, 0.6) is 0 Å². The molecule has 104 valence electrons. The minimum atomic E-state index is -0.899. The van der Waals surface area contributed by atoms with Crippen molar-refractivity contribution in [3.05, 3.63) is 0 Å². The van der Waals surface area contributed by atoms with Crippen molar-refractivity contribution in [1.29, 1.82) is 0 Å². The van der Waals surface area contributed by atoms with E-state index in [-0.39, 0.29) is 30.5 Å². The van der Waals surface area contributed by atoms with Crippen LogP contribution in [0.4, 0.5) is 4.79 Å². The van der Waals surface area contributed by atoms with Gasteiger partial charge in [-0.15, -0.1) is 0 Å². The van der Waals surface area contributed by atoms with E-state index in [2.05, 4.69) is 5.32 Å². The first-order valence-electron chi connectivity index (χ1n) is 6.29. The molecule has 1 fully saturated rings. The van der Waals surface area contributed by atoms with Crippen molar-refractivity contribution in [2.24, 2.45) is 5.92 Å². The van der Waals surface area contributed by atoms with Crippen molar-refractivity contribution >= 4 is 12.0 Å². The summed E-state index contributed by atoms with van der Waals surface area (Å²) in [4.78, 5) is 24.4. The first kappa shape index (κ1) is 14.8. The molecule has 1 rings (SSSR count). The summed E-state index contributed by atoms with van der Waals surface area (Å²) in [6, 6.07) is -0.543. The Balaban J connectivity index is 2.52. The number of nitrogens with zero attached hydrogens (tertiary/aromatic N) is 1. The fraction of sp³-hybridized carbons (Fsp3) is 0.833. The van der Waals surface area contributed by atoms with Crippen molar-refractivity contribution in [2.45, 2.75) is 39.3 Å². The molecule has 1 heterocycles. The molecule has 2 atom stereocenters. The molecule has 0 aromatic heterocycles. The number of carbonyl (C=O) groups excluding carboxylic acids is 1. The van der Waals surface area contributed by atoms with Crippen LogP contribution < -0.4 is 5.32 Å². The summed E-state index contributed by atoms with van der Waals surface area (Å²) in [7, 11) is 0. The number of hydrogen-bond acceptors (Lipinski definition) is 3. The molecular formula is C12H22N2O4. The van der Waals surface area contributed by atoms with E-state index in [0.717, 1.165) is 0 Å². The molecule has 6 nitrogen and oxygen atoms in total. The third-order valence-electron chi connectivity index (χ3n) is 3.04. The summed E-state index contributed by atoms with van der Waals surface area (Å²) in [5.74, 6) is -0.812. The molecule has 1 saturated heterocycles. The van der Waals surface area contributed by atoms with Crippen molar-refractivity contribution in [3.8, 4) is 0 Å². The number of carbonyl (C=O) groups is 2. The summed E-state index contributed by atoms with van der Waals surface area (Å²) >= 11 is 0. The van der Waals surface area contributed by atoms with E-state index in [9.17, 15) is 9.59 Å². The van der Waals surface area contributed by atoms with Crippen molar-refractivity contribution in [2.75, 3.05) is 19.7 Å². The number of ether oxygens (including phenoxy) is 1. The van der Waals surface area contributed by atoms with E-state index in [0.29, 0.717) is 19.7 Å². The van der Waals surface area contributed by atoms with E-state index in [4.69, 9.17) is 9.84 Å².